The number of nitrogens with zero attached hydrogens (tertiary/aromatic N) is 1. The number of carbonyl (C=O) groups excluding carboxylic acids is 4. The highest BCUT2D eigenvalue weighted by Gasteiger charge is 2.37. The first kappa shape index (κ1) is 41.9. The van der Waals surface area contributed by atoms with Gasteiger partial charge in [0.1, 0.15) is 43.2 Å². The lowest BCUT2D eigenvalue weighted by atomic mass is 9.98. The van der Waals surface area contributed by atoms with Crippen molar-refractivity contribution in [3.8, 4) is 28.4 Å². The number of fused-ring (bicyclic) bond motifs is 3. The zero-order valence-electron chi connectivity index (χ0n) is 32.2. The number of benzene rings is 4. The Morgan fingerprint density at radius 2 is 1.54 bits per heavy atom. The summed E-state index contributed by atoms with van der Waals surface area (Å²) in [6, 6.07) is 25.7. The molecule has 1 aliphatic carbocycles. The Morgan fingerprint density at radius 3 is 2.22 bits per heavy atom. The minimum atomic E-state index is -1.07. The van der Waals surface area contributed by atoms with Crippen LogP contribution in [0.4, 0.5) is 15.3 Å². The maximum atomic E-state index is 12.5. The van der Waals surface area contributed by atoms with Crippen molar-refractivity contribution < 1.29 is 66.7 Å². The van der Waals surface area contributed by atoms with Crippen molar-refractivity contribution in [3.63, 3.8) is 0 Å². The molecule has 3 atom stereocenters. The van der Waals surface area contributed by atoms with E-state index < -0.39 is 47.6 Å². The Hall–Kier alpha value is -6.72. The van der Waals surface area contributed by atoms with Crippen molar-refractivity contribution in [1.82, 2.24) is 5.32 Å². The Kier molecular flexibility index (Phi) is 14.3. The summed E-state index contributed by atoms with van der Waals surface area (Å²) in [6.45, 7) is 1.62. The summed E-state index contributed by atoms with van der Waals surface area (Å²) < 4.78 is 49.6. The van der Waals surface area contributed by atoms with Crippen molar-refractivity contribution in [2.24, 2.45) is 0 Å². The lowest BCUT2D eigenvalue weighted by Crippen LogP contribution is -2.44. The zero-order valence-corrected chi connectivity index (χ0v) is 32.2. The molecule has 1 fully saturated rings. The number of hydrogen-bond donors (Lipinski definition) is 1. The van der Waals surface area contributed by atoms with Crippen LogP contribution in [0, 0.1) is 10.1 Å². The summed E-state index contributed by atoms with van der Waals surface area (Å²) in [5.41, 5.74) is 4.73. The fourth-order valence-corrected chi connectivity index (χ4v) is 6.63. The number of amides is 1. The van der Waals surface area contributed by atoms with Crippen molar-refractivity contribution in [3.05, 3.63) is 118 Å². The molecule has 1 N–H and O–H groups in total. The number of esters is 2. The molecule has 4 aromatic carbocycles. The molecule has 310 valence electrons. The maximum absolute atomic E-state index is 12.5. The number of carbonyl (C=O) groups is 4. The molecular weight excluding hydrogens is 772 g/mol. The normalized spacial score (nSPS) is 16.7. The van der Waals surface area contributed by atoms with Crippen molar-refractivity contribution in [2.45, 2.75) is 50.8 Å². The van der Waals surface area contributed by atoms with E-state index in [0.717, 1.165) is 22.3 Å². The van der Waals surface area contributed by atoms with Gasteiger partial charge in [-0.1, -0.05) is 48.5 Å². The SMILES string of the molecule is COC(=O)[C@@H]1C[C@H](OC(C)=O)C[C@H](Oc2ccc(COC(=O)Oc3ccc([N+](=O)[O-])cc3)c(OCCOCCNC(=O)OCC3c4ccccc4-c4ccccc43)c2)O1. The van der Waals surface area contributed by atoms with Crippen molar-refractivity contribution in [2.75, 3.05) is 40.1 Å². The third-order valence-corrected chi connectivity index (χ3v) is 9.29. The average molecular weight is 815 g/mol. The number of non-ortho nitro benzene ring substituents is 1. The van der Waals surface area contributed by atoms with E-state index in [1.165, 1.54) is 44.4 Å². The van der Waals surface area contributed by atoms with E-state index in [-0.39, 0.29) is 81.3 Å². The molecule has 59 heavy (non-hydrogen) atoms. The number of ether oxygens (including phenoxy) is 9. The predicted octanol–water partition coefficient (Wildman–Crippen LogP) is 6.23. The summed E-state index contributed by atoms with van der Waals surface area (Å²) in [7, 11) is 1.22. The van der Waals surface area contributed by atoms with Gasteiger partial charge in [0, 0.05) is 56.0 Å². The number of nitrogens with one attached hydrogen (secondary N) is 1. The minimum absolute atomic E-state index is 0.0352. The van der Waals surface area contributed by atoms with Crippen LogP contribution in [-0.2, 0) is 44.6 Å². The second kappa shape index (κ2) is 20.1. The van der Waals surface area contributed by atoms with Crippen LogP contribution in [0.2, 0.25) is 0 Å². The van der Waals surface area contributed by atoms with Crippen LogP contribution in [-0.4, -0.2) is 87.7 Å². The van der Waals surface area contributed by atoms with Crippen LogP contribution in [0.3, 0.4) is 0 Å². The van der Waals surface area contributed by atoms with Gasteiger partial charge in [-0.3, -0.25) is 14.9 Å². The van der Waals surface area contributed by atoms with Gasteiger partial charge in [0.2, 0.25) is 6.29 Å². The van der Waals surface area contributed by atoms with Crippen LogP contribution in [0.5, 0.6) is 17.2 Å². The summed E-state index contributed by atoms with van der Waals surface area (Å²) in [5, 5.41) is 13.6. The van der Waals surface area contributed by atoms with E-state index in [2.05, 4.69) is 17.4 Å². The Bertz CT molecular complexity index is 2080. The van der Waals surface area contributed by atoms with Gasteiger partial charge in [-0.05, 0) is 46.5 Å². The number of nitro groups is 1. The smallest absolute Gasteiger partial charge is 0.491 e. The monoisotopic (exact) mass is 814 g/mol. The van der Waals surface area contributed by atoms with E-state index in [9.17, 15) is 29.3 Å². The molecule has 1 amide bonds. The standard InChI is InChI=1S/C42H42N2O15/c1-26(45)56-31-22-38(40(46)51-2)59-39(23-31)57-30-14-11-27(24-55-42(48)58-29-15-12-28(13-16-29)44(49)50)37(21-30)53-20-19-52-18-17-43-41(47)54-25-36-34-9-5-3-7-32(34)33-8-4-6-10-35(33)36/h3-16,21,31,36,38-39H,17-20,22-25H2,1-2H3,(H,43,47)/t31-,38-,39+/m0/s1. The van der Waals surface area contributed by atoms with Gasteiger partial charge >= 0.3 is 24.2 Å². The van der Waals surface area contributed by atoms with E-state index in [4.69, 9.17) is 42.6 Å². The topological polar surface area (TPSA) is 207 Å². The lowest BCUT2D eigenvalue weighted by Gasteiger charge is -2.33. The van der Waals surface area contributed by atoms with E-state index in [0.29, 0.717) is 5.56 Å². The molecule has 1 heterocycles. The molecule has 0 unspecified atom stereocenters. The molecule has 1 aliphatic heterocycles. The molecule has 4 aromatic rings. The van der Waals surface area contributed by atoms with Crippen LogP contribution < -0.4 is 19.5 Å². The Labute approximate surface area is 338 Å². The van der Waals surface area contributed by atoms with Gasteiger partial charge in [0.05, 0.1) is 25.2 Å². The number of methoxy groups -OCH3 is 1. The number of alkyl carbamates (subject to hydrolysis) is 1. The van der Waals surface area contributed by atoms with E-state index in [1.54, 1.807) is 12.1 Å². The van der Waals surface area contributed by atoms with Crippen LogP contribution >= 0.6 is 0 Å². The average Bonchev–Trinajstić information content (AvgIpc) is 3.55. The van der Waals surface area contributed by atoms with Crippen LogP contribution in [0.25, 0.3) is 11.1 Å². The first-order chi connectivity index (χ1) is 28.6. The summed E-state index contributed by atoms with van der Waals surface area (Å²) in [6.07, 6.45) is -4.14. The van der Waals surface area contributed by atoms with E-state index >= 15 is 0 Å². The summed E-state index contributed by atoms with van der Waals surface area (Å²) in [4.78, 5) is 59.3. The van der Waals surface area contributed by atoms with Gasteiger partial charge in [0.15, 0.2) is 6.10 Å². The third kappa shape index (κ3) is 11.5. The number of rotatable bonds is 17. The van der Waals surface area contributed by atoms with Gasteiger partial charge in [-0.2, -0.15) is 0 Å². The highest BCUT2D eigenvalue weighted by Crippen LogP contribution is 2.44. The van der Waals surface area contributed by atoms with Gasteiger partial charge in [-0.15, -0.1) is 0 Å². The molecule has 6 rings (SSSR count). The van der Waals surface area contributed by atoms with Gasteiger partial charge < -0.3 is 47.9 Å². The second-order valence-electron chi connectivity index (χ2n) is 13.3. The maximum Gasteiger partial charge on any atom is 0.514 e. The molecule has 1 saturated heterocycles. The molecule has 17 nitrogen and oxygen atoms in total. The number of nitro benzene ring substituents is 1. The van der Waals surface area contributed by atoms with Crippen molar-refractivity contribution in [1.29, 1.82) is 0 Å². The molecule has 0 radical (unpaired) electrons. The first-order valence-electron chi connectivity index (χ1n) is 18.7. The molecule has 0 spiro atoms. The van der Waals surface area contributed by atoms with Crippen LogP contribution in [0.15, 0.2) is 91.0 Å². The molecule has 0 saturated carbocycles. The second-order valence-corrected chi connectivity index (χ2v) is 13.3. The quantitative estimate of drug-likeness (QED) is 0.0313. The fourth-order valence-electron chi connectivity index (χ4n) is 6.63. The zero-order chi connectivity index (χ0) is 41.7. The Morgan fingerprint density at radius 1 is 0.847 bits per heavy atom. The summed E-state index contributed by atoms with van der Waals surface area (Å²) in [5.74, 6) is -0.713. The fraction of sp³-hybridized carbons (Fsp3) is 0.333. The molecule has 0 aromatic heterocycles. The molecular formula is C42H42N2O15. The highest BCUT2D eigenvalue weighted by molar-refractivity contribution is 5.79. The largest absolute Gasteiger partial charge is 0.514 e. The minimum Gasteiger partial charge on any atom is -0.491 e. The number of hydrogen-bond acceptors (Lipinski definition) is 15. The first-order valence-corrected chi connectivity index (χ1v) is 18.7. The summed E-state index contributed by atoms with van der Waals surface area (Å²) >= 11 is 0. The van der Waals surface area contributed by atoms with Crippen molar-refractivity contribution >= 4 is 29.9 Å². The molecule has 0 bridgehead atoms. The Balaban J connectivity index is 1.01. The molecule has 17 heteroatoms. The lowest BCUT2D eigenvalue weighted by molar-refractivity contribution is -0.384. The predicted molar refractivity (Wildman–Crippen MR) is 206 cm³/mol. The van der Waals surface area contributed by atoms with Crippen LogP contribution in [0.1, 0.15) is 42.4 Å². The van der Waals surface area contributed by atoms with Gasteiger partial charge in [0.25, 0.3) is 5.69 Å². The van der Waals surface area contributed by atoms with Gasteiger partial charge in [-0.25, -0.2) is 14.4 Å². The highest BCUT2D eigenvalue weighted by atomic mass is 16.7. The van der Waals surface area contributed by atoms with E-state index in [1.807, 2.05) is 36.4 Å². The third-order valence-electron chi connectivity index (χ3n) is 9.29. The molecule has 2 aliphatic rings.